The molecule has 0 N–H and O–H groups in total. The second-order valence-corrected chi connectivity index (χ2v) is 12.7. The topological polar surface area (TPSA) is 85.3 Å². The third-order valence-corrected chi connectivity index (χ3v) is 7.89. The molecule has 1 unspecified atom stereocenters. The number of nitrogens with zero attached hydrogens (tertiary/aromatic N) is 2. The van der Waals surface area contributed by atoms with Gasteiger partial charge in [-0.15, -0.1) is 0 Å². The van der Waals surface area contributed by atoms with Crippen molar-refractivity contribution >= 4 is 34.3 Å². The van der Waals surface area contributed by atoms with Crippen LogP contribution < -0.4 is 9.47 Å². The van der Waals surface area contributed by atoms with Gasteiger partial charge in [-0.1, -0.05) is 44.7 Å². The van der Waals surface area contributed by atoms with Crippen LogP contribution in [0.15, 0.2) is 59.7 Å². The zero-order valence-electron chi connectivity index (χ0n) is 25.2. The van der Waals surface area contributed by atoms with Gasteiger partial charge in [-0.2, -0.15) is 5.10 Å². The normalized spacial score (nSPS) is 14.7. The second-order valence-electron chi connectivity index (χ2n) is 11.6. The number of carbonyl (C=O) groups is 3. The van der Waals surface area contributed by atoms with Crippen LogP contribution in [0, 0.1) is 28.7 Å². The Labute approximate surface area is 262 Å². The van der Waals surface area contributed by atoms with Crippen molar-refractivity contribution in [1.82, 2.24) is 5.01 Å². The van der Waals surface area contributed by atoms with E-state index in [1.165, 1.54) is 31.4 Å². The molecule has 0 bridgehead atoms. The van der Waals surface area contributed by atoms with Crippen LogP contribution in [0.25, 0.3) is 0 Å². The lowest BCUT2D eigenvalue weighted by molar-refractivity contribution is -0.122. The van der Waals surface area contributed by atoms with Crippen molar-refractivity contribution in [3.05, 3.63) is 94.6 Å². The van der Waals surface area contributed by atoms with Gasteiger partial charge in [0.25, 0.3) is 5.91 Å². The fourth-order valence-electron chi connectivity index (χ4n) is 4.71. The molecule has 45 heavy (non-hydrogen) atoms. The molecule has 3 aromatic rings. The van der Waals surface area contributed by atoms with Crippen molar-refractivity contribution in [3.63, 3.8) is 0 Å². The van der Waals surface area contributed by atoms with Crippen molar-refractivity contribution in [2.24, 2.45) is 10.5 Å². The van der Waals surface area contributed by atoms with Gasteiger partial charge in [0.15, 0.2) is 17.3 Å². The Morgan fingerprint density at radius 1 is 0.911 bits per heavy atom. The van der Waals surface area contributed by atoms with Crippen molar-refractivity contribution in [3.8, 4) is 11.5 Å². The van der Waals surface area contributed by atoms with E-state index in [4.69, 9.17) is 9.47 Å². The highest BCUT2D eigenvalue weighted by atomic mass is 32.2. The van der Waals surface area contributed by atoms with Crippen molar-refractivity contribution in [1.29, 1.82) is 0 Å². The van der Waals surface area contributed by atoms with Crippen molar-refractivity contribution in [2.75, 3.05) is 13.7 Å². The SMILES string of the molecule is COc1c(OCC(=O)CCCC(=O)CC(C)(C)C)cccc1C1SC(c2ccc(F)cc2)=NN1C(=O)c1c(F)cc(F)cc1F. The average Bonchev–Trinajstić information content (AvgIpc) is 3.40. The van der Waals surface area contributed by atoms with Crippen LogP contribution in [0.3, 0.4) is 0 Å². The Bertz CT molecular complexity index is 1600. The number of halogens is 4. The molecule has 7 nitrogen and oxygen atoms in total. The predicted molar refractivity (Wildman–Crippen MR) is 162 cm³/mol. The van der Waals surface area contributed by atoms with Crippen LogP contribution in [0.2, 0.25) is 0 Å². The summed E-state index contributed by atoms with van der Waals surface area (Å²) in [4.78, 5) is 38.2. The van der Waals surface area contributed by atoms with Crippen LogP contribution >= 0.6 is 11.8 Å². The fraction of sp³-hybridized carbons (Fsp3) is 0.333. The maximum absolute atomic E-state index is 14.7. The first-order valence-electron chi connectivity index (χ1n) is 14.1. The van der Waals surface area contributed by atoms with E-state index in [0.717, 1.165) is 16.8 Å². The summed E-state index contributed by atoms with van der Waals surface area (Å²) < 4.78 is 67.9. The number of methoxy groups -OCH3 is 1. The number of benzene rings is 3. The molecule has 1 heterocycles. The van der Waals surface area contributed by atoms with E-state index < -0.39 is 40.1 Å². The van der Waals surface area contributed by atoms with E-state index in [1.807, 2.05) is 20.8 Å². The van der Waals surface area contributed by atoms with Gasteiger partial charge >= 0.3 is 0 Å². The Balaban J connectivity index is 1.58. The molecule has 1 aliphatic heterocycles. The summed E-state index contributed by atoms with van der Waals surface area (Å²) in [6.07, 6.45) is 1.25. The Kier molecular flexibility index (Phi) is 10.7. The van der Waals surface area contributed by atoms with Crippen LogP contribution in [0.4, 0.5) is 17.6 Å². The molecule has 4 rings (SSSR count). The van der Waals surface area contributed by atoms with E-state index in [1.54, 1.807) is 18.2 Å². The number of Topliss-reactive ketones (excluding diaryl/α,β-unsaturated/α-hetero) is 2. The fourth-order valence-corrected chi connectivity index (χ4v) is 5.88. The molecule has 0 spiro atoms. The first-order chi connectivity index (χ1) is 21.3. The predicted octanol–water partition coefficient (Wildman–Crippen LogP) is 7.62. The van der Waals surface area contributed by atoms with Gasteiger partial charge in [0.2, 0.25) is 0 Å². The molecule has 0 aromatic heterocycles. The summed E-state index contributed by atoms with van der Waals surface area (Å²) in [6, 6.07) is 10.8. The van der Waals surface area contributed by atoms with Crippen molar-refractivity contribution in [2.45, 2.75) is 51.8 Å². The molecule has 0 saturated carbocycles. The molecular formula is C33H32F4N2O5S. The van der Waals surface area contributed by atoms with E-state index in [2.05, 4.69) is 5.10 Å². The number of hydrazone groups is 1. The third-order valence-electron chi connectivity index (χ3n) is 6.67. The number of hydrogen-bond donors (Lipinski definition) is 0. The molecule has 12 heteroatoms. The lowest BCUT2D eigenvalue weighted by atomic mass is 9.88. The monoisotopic (exact) mass is 644 g/mol. The summed E-state index contributed by atoms with van der Waals surface area (Å²) in [5.74, 6) is -5.55. The number of ketones is 2. The standard InChI is InChI=1S/C33H32F4N2O5S/c1-33(2,3)17-22(40)7-5-8-23(41)18-44-27-10-6-9-24(29(27)43-4)32-39(31(42)28-25(36)15-21(35)16-26(28)37)38-30(45-32)19-11-13-20(34)14-12-19/h6,9-16,32H,5,7-8,17-18H2,1-4H3. The molecule has 238 valence electrons. The van der Waals surface area contributed by atoms with Gasteiger partial charge in [-0.05, 0) is 42.2 Å². The number of amides is 1. The molecule has 0 radical (unpaired) electrons. The molecule has 0 saturated heterocycles. The van der Waals surface area contributed by atoms with E-state index in [-0.39, 0.29) is 53.0 Å². The highest BCUT2D eigenvalue weighted by molar-refractivity contribution is 8.14. The molecule has 0 aliphatic carbocycles. The van der Waals surface area contributed by atoms with Crippen molar-refractivity contribution < 1.29 is 41.4 Å². The Morgan fingerprint density at radius 2 is 1.56 bits per heavy atom. The quantitative estimate of drug-likeness (QED) is 0.189. The molecule has 1 atom stereocenters. The number of ether oxygens (including phenoxy) is 2. The zero-order chi connectivity index (χ0) is 32.9. The van der Waals surface area contributed by atoms with Crippen LogP contribution in [-0.4, -0.2) is 41.2 Å². The van der Waals surface area contributed by atoms with E-state index in [9.17, 15) is 31.9 Å². The number of para-hydroxylation sites is 1. The van der Waals surface area contributed by atoms with Gasteiger partial charge in [0.1, 0.15) is 51.6 Å². The average molecular weight is 645 g/mol. The highest BCUT2D eigenvalue weighted by Gasteiger charge is 2.39. The lowest BCUT2D eigenvalue weighted by Gasteiger charge is -2.24. The van der Waals surface area contributed by atoms with Gasteiger partial charge in [0, 0.05) is 42.5 Å². The Morgan fingerprint density at radius 3 is 2.18 bits per heavy atom. The number of hydrogen-bond acceptors (Lipinski definition) is 7. The summed E-state index contributed by atoms with van der Waals surface area (Å²) in [5, 5.41) is 4.33. The summed E-state index contributed by atoms with van der Waals surface area (Å²) >= 11 is 1.03. The molecule has 1 amide bonds. The zero-order valence-corrected chi connectivity index (χ0v) is 26.0. The van der Waals surface area contributed by atoms with Gasteiger partial charge < -0.3 is 9.47 Å². The molecule has 1 aliphatic rings. The molecular weight excluding hydrogens is 612 g/mol. The summed E-state index contributed by atoms with van der Waals surface area (Å²) in [6.45, 7) is 5.61. The smallest absolute Gasteiger partial charge is 0.281 e. The summed E-state index contributed by atoms with van der Waals surface area (Å²) in [5.41, 5.74) is -0.392. The molecule has 0 fully saturated rings. The maximum Gasteiger partial charge on any atom is 0.281 e. The minimum Gasteiger partial charge on any atom is -0.492 e. The Hall–Kier alpha value is -4.19. The minimum absolute atomic E-state index is 0.0846. The van der Waals surface area contributed by atoms with Crippen LogP contribution in [0.1, 0.15) is 73.3 Å². The van der Waals surface area contributed by atoms with Gasteiger partial charge in [-0.3, -0.25) is 14.4 Å². The van der Waals surface area contributed by atoms with Crippen LogP contribution in [0.5, 0.6) is 11.5 Å². The van der Waals surface area contributed by atoms with E-state index >= 15 is 0 Å². The number of carbonyl (C=O) groups excluding carboxylic acids is 3. The molecule has 3 aromatic carbocycles. The van der Waals surface area contributed by atoms with Gasteiger partial charge in [-0.25, -0.2) is 22.6 Å². The van der Waals surface area contributed by atoms with Gasteiger partial charge in [0.05, 0.1) is 7.11 Å². The number of rotatable bonds is 12. The largest absolute Gasteiger partial charge is 0.492 e. The highest BCUT2D eigenvalue weighted by Crippen LogP contribution is 2.47. The first kappa shape index (κ1) is 33.7. The minimum atomic E-state index is -1.41. The summed E-state index contributed by atoms with van der Waals surface area (Å²) in [7, 11) is 1.35. The van der Waals surface area contributed by atoms with Crippen LogP contribution in [-0.2, 0) is 9.59 Å². The third kappa shape index (κ3) is 8.50. The number of thioether (sulfide) groups is 1. The second kappa shape index (κ2) is 14.3. The maximum atomic E-state index is 14.7. The first-order valence-corrected chi connectivity index (χ1v) is 15.0. The lowest BCUT2D eigenvalue weighted by Crippen LogP contribution is -2.28. The van der Waals surface area contributed by atoms with E-state index in [0.29, 0.717) is 36.1 Å².